The Morgan fingerprint density at radius 3 is 2.27 bits per heavy atom. The SMILES string of the molecule is Clc1ccc(Cl)c(C(c2ccccc2Cl)N2CCNCC2)c1. The summed E-state index contributed by atoms with van der Waals surface area (Å²) in [5.74, 6) is 0. The van der Waals surface area contributed by atoms with Gasteiger partial charge in [0.15, 0.2) is 0 Å². The average Bonchev–Trinajstić information content (AvgIpc) is 2.54. The highest BCUT2D eigenvalue weighted by Crippen LogP contribution is 2.37. The van der Waals surface area contributed by atoms with Crippen molar-refractivity contribution in [3.8, 4) is 0 Å². The van der Waals surface area contributed by atoms with Gasteiger partial charge in [-0.05, 0) is 35.4 Å². The van der Waals surface area contributed by atoms with Crippen LogP contribution in [0, 0.1) is 0 Å². The normalized spacial score (nSPS) is 17.4. The van der Waals surface area contributed by atoms with E-state index < -0.39 is 0 Å². The summed E-state index contributed by atoms with van der Waals surface area (Å²) < 4.78 is 0. The summed E-state index contributed by atoms with van der Waals surface area (Å²) in [6.07, 6.45) is 0. The van der Waals surface area contributed by atoms with Gasteiger partial charge in [0.2, 0.25) is 0 Å². The van der Waals surface area contributed by atoms with E-state index in [1.807, 2.05) is 36.4 Å². The summed E-state index contributed by atoms with van der Waals surface area (Å²) in [5, 5.41) is 5.53. The minimum Gasteiger partial charge on any atom is -0.314 e. The van der Waals surface area contributed by atoms with Gasteiger partial charge in [0.1, 0.15) is 0 Å². The number of hydrogen-bond donors (Lipinski definition) is 1. The molecular formula is C17H17Cl3N2. The van der Waals surface area contributed by atoms with Crippen LogP contribution in [0.1, 0.15) is 17.2 Å². The molecule has 5 heteroatoms. The fourth-order valence-corrected chi connectivity index (χ4v) is 3.56. The molecule has 0 radical (unpaired) electrons. The molecule has 1 aliphatic rings. The van der Waals surface area contributed by atoms with E-state index >= 15 is 0 Å². The molecule has 1 atom stereocenters. The van der Waals surface area contributed by atoms with Crippen molar-refractivity contribution in [2.24, 2.45) is 0 Å². The van der Waals surface area contributed by atoms with Gasteiger partial charge in [0, 0.05) is 41.2 Å². The van der Waals surface area contributed by atoms with E-state index in [1.54, 1.807) is 0 Å². The maximum Gasteiger partial charge on any atom is 0.0632 e. The Bertz CT molecular complexity index is 654. The first-order valence-electron chi connectivity index (χ1n) is 7.31. The lowest BCUT2D eigenvalue weighted by Gasteiger charge is -2.36. The molecular weight excluding hydrogens is 339 g/mol. The van der Waals surface area contributed by atoms with Crippen LogP contribution in [0.2, 0.25) is 15.1 Å². The largest absolute Gasteiger partial charge is 0.314 e. The number of halogens is 3. The van der Waals surface area contributed by atoms with Crippen LogP contribution in [0.5, 0.6) is 0 Å². The van der Waals surface area contributed by atoms with Crippen LogP contribution in [0.4, 0.5) is 0 Å². The predicted molar refractivity (Wildman–Crippen MR) is 94.2 cm³/mol. The summed E-state index contributed by atoms with van der Waals surface area (Å²) in [7, 11) is 0. The van der Waals surface area contributed by atoms with Gasteiger partial charge in [0.25, 0.3) is 0 Å². The first-order valence-corrected chi connectivity index (χ1v) is 8.44. The molecule has 1 aliphatic heterocycles. The number of nitrogens with zero attached hydrogens (tertiary/aromatic N) is 1. The molecule has 116 valence electrons. The summed E-state index contributed by atoms with van der Waals surface area (Å²) in [6, 6.07) is 13.6. The Morgan fingerprint density at radius 2 is 1.55 bits per heavy atom. The van der Waals surface area contributed by atoms with Gasteiger partial charge >= 0.3 is 0 Å². The molecule has 3 rings (SSSR count). The molecule has 2 nitrogen and oxygen atoms in total. The zero-order valence-electron chi connectivity index (χ0n) is 12.0. The molecule has 1 fully saturated rings. The summed E-state index contributed by atoms with van der Waals surface area (Å²) in [5.41, 5.74) is 2.07. The molecule has 0 amide bonds. The van der Waals surface area contributed by atoms with Crippen LogP contribution in [0.25, 0.3) is 0 Å². The van der Waals surface area contributed by atoms with Gasteiger partial charge in [-0.15, -0.1) is 0 Å². The van der Waals surface area contributed by atoms with Crippen LogP contribution in [-0.4, -0.2) is 31.1 Å². The fourth-order valence-electron chi connectivity index (χ4n) is 2.92. The van der Waals surface area contributed by atoms with Crippen molar-refractivity contribution in [1.82, 2.24) is 10.2 Å². The van der Waals surface area contributed by atoms with Gasteiger partial charge in [-0.25, -0.2) is 0 Å². The zero-order valence-corrected chi connectivity index (χ0v) is 14.3. The van der Waals surface area contributed by atoms with Crippen molar-refractivity contribution >= 4 is 34.8 Å². The number of hydrogen-bond acceptors (Lipinski definition) is 2. The Labute approximate surface area is 146 Å². The molecule has 0 bridgehead atoms. The first kappa shape index (κ1) is 16.1. The lowest BCUT2D eigenvalue weighted by molar-refractivity contribution is 0.198. The molecule has 0 aromatic heterocycles. The second kappa shape index (κ2) is 7.20. The Hall–Kier alpha value is -0.770. The topological polar surface area (TPSA) is 15.3 Å². The number of piperazine rings is 1. The van der Waals surface area contributed by atoms with E-state index in [1.165, 1.54) is 0 Å². The highest BCUT2D eigenvalue weighted by molar-refractivity contribution is 6.34. The zero-order chi connectivity index (χ0) is 15.5. The van der Waals surface area contributed by atoms with Gasteiger partial charge in [-0.2, -0.15) is 0 Å². The summed E-state index contributed by atoms with van der Waals surface area (Å²) in [6.45, 7) is 3.80. The van der Waals surface area contributed by atoms with Crippen molar-refractivity contribution in [2.45, 2.75) is 6.04 Å². The molecule has 1 heterocycles. The van der Waals surface area contributed by atoms with E-state index in [0.717, 1.165) is 42.3 Å². The minimum atomic E-state index is 0.0157. The van der Waals surface area contributed by atoms with Gasteiger partial charge in [-0.3, -0.25) is 4.90 Å². The maximum atomic E-state index is 6.47. The Morgan fingerprint density at radius 1 is 0.864 bits per heavy atom. The Kier molecular flexibility index (Phi) is 5.27. The number of benzene rings is 2. The van der Waals surface area contributed by atoms with Crippen LogP contribution >= 0.6 is 34.8 Å². The molecule has 1 saturated heterocycles. The van der Waals surface area contributed by atoms with Crippen molar-refractivity contribution < 1.29 is 0 Å². The first-order chi connectivity index (χ1) is 10.7. The quantitative estimate of drug-likeness (QED) is 0.862. The minimum absolute atomic E-state index is 0.0157. The molecule has 0 spiro atoms. The van der Waals surface area contributed by atoms with E-state index in [2.05, 4.69) is 16.3 Å². The standard InChI is InChI=1S/C17H17Cl3N2/c18-12-5-6-16(20)14(11-12)17(22-9-7-21-8-10-22)13-3-1-2-4-15(13)19/h1-6,11,17,21H,7-10H2. The maximum absolute atomic E-state index is 6.47. The van der Waals surface area contributed by atoms with Crippen LogP contribution in [0.3, 0.4) is 0 Å². The van der Waals surface area contributed by atoms with E-state index in [-0.39, 0.29) is 6.04 Å². The fraction of sp³-hybridized carbons (Fsp3) is 0.294. The molecule has 1 unspecified atom stereocenters. The molecule has 2 aromatic rings. The summed E-state index contributed by atoms with van der Waals surface area (Å²) in [4.78, 5) is 2.40. The van der Waals surface area contributed by atoms with Crippen molar-refractivity contribution in [3.05, 3.63) is 68.7 Å². The third kappa shape index (κ3) is 3.42. The number of rotatable bonds is 3. The van der Waals surface area contributed by atoms with E-state index in [9.17, 15) is 0 Å². The molecule has 1 N–H and O–H groups in total. The van der Waals surface area contributed by atoms with Crippen LogP contribution < -0.4 is 5.32 Å². The average molecular weight is 356 g/mol. The smallest absolute Gasteiger partial charge is 0.0632 e. The van der Waals surface area contributed by atoms with Crippen LogP contribution in [0.15, 0.2) is 42.5 Å². The van der Waals surface area contributed by atoms with E-state index in [4.69, 9.17) is 34.8 Å². The second-order valence-electron chi connectivity index (χ2n) is 5.38. The van der Waals surface area contributed by atoms with Gasteiger partial charge in [0.05, 0.1) is 6.04 Å². The third-order valence-corrected chi connectivity index (χ3v) is 4.89. The lowest BCUT2D eigenvalue weighted by Crippen LogP contribution is -2.45. The lowest BCUT2D eigenvalue weighted by atomic mass is 9.96. The molecule has 0 saturated carbocycles. The molecule has 0 aliphatic carbocycles. The van der Waals surface area contributed by atoms with Gasteiger partial charge in [-0.1, -0.05) is 53.0 Å². The number of nitrogens with one attached hydrogen (secondary N) is 1. The monoisotopic (exact) mass is 354 g/mol. The van der Waals surface area contributed by atoms with Crippen molar-refractivity contribution in [3.63, 3.8) is 0 Å². The highest BCUT2D eigenvalue weighted by Gasteiger charge is 2.27. The highest BCUT2D eigenvalue weighted by atomic mass is 35.5. The van der Waals surface area contributed by atoms with E-state index in [0.29, 0.717) is 10.0 Å². The van der Waals surface area contributed by atoms with Crippen molar-refractivity contribution in [1.29, 1.82) is 0 Å². The Balaban J connectivity index is 2.10. The summed E-state index contributed by atoms with van der Waals surface area (Å²) >= 11 is 19.1. The van der Waals surface area contributed by atoms with Crippen LogP contribution in [-0.2, 0) is 0 Å². The third-order valence-electron chi connectivity index (χ3n) is 3.97. The van der Waals surface area contributed by atoms with Gasteiger partial charge < -0.3 is 5.32 Å². The van der Waals surface area contributed by atoms with Crippen molar-refractivity contribution in [2.75, 3.05) is 26.2 Å². The molecule has 22 heavy (non-hydrogen) atoms. The predicted octanol–water partition coefficient (Wildman–Crippen LogP) is 4.64. The molecule has 2 aromatic carbocycles. The second-order valence-corrected chi connectivity index (χ2v) is 6.63.